The van der Waals surface area contributed by atoms with Gasteiger partial charge in [-0.1, -0.05) is 24.3 Å². The summed E-state index contributed by atoms with van der Waals surface area (Å²) in [4.78, 5) is 8.89. The van der Waals surface area contributed by atoms with Gasteiger partial charge in [-0.2, -0.15) is 0 Å². The fourth-order valence-electron chi connectivity index (χ4n) is 0.856. The van der Waals surface area contributed by atoms with Crippen LogP contribution in [0.4, 0.5) is 0 Å². The van der Waals surface area contributed by atoms with Crippen LogP contribution < -0.4 is 5.11 Å². The van der Waals surface area contributed by atoms with Gasteiger partial charge >= 0.3 is 19.5 Å². The summed E-state index contributed by atoms with van der Waals surface area (Å²) < 4.78 is 0. The Morgan fingerprint density at radius 2 is 1.15 bits per heavy atom. The zero-order valence-electron chi connectivity index (χ0n) is 7.79. The van der Waals surface area contributed by atoms with E-state index in [4.69, 9.17) is 9.90 Å². The Bertz CT molecular complexity index is 144. The van der Waals surface area contributed by atoms with Crippen LogP contribution in [0.5, 0.6) is 0 Å². The first-order chi connectivity index (χ1) is 5.73. The molecule has 0 spiro atoms. The Hall–Kier alpha value is -0.427. The van der Waals surface area contributed by atoms with Crippen LogP contribution in [0.1, 0.15) is 32.6 Å². The number of carbonyl (C=O) groups excluding carboxylic acids is 1. The maximum absolute atomic E-state index is 8.89. The molecule has 0 atom stereocenters. The Labute approximate surface area is 92.5 Å². The summed E-state index contributed by atoms with van der Waals surface area (Å²) in [7, 11) is 0. The molecule has 0 aromatic carbocycles. The molecule has 0 amide bonds. The number of allylic oxidation sites excluding steroid dienone is 4. The molecule has 0 bridgehead atoms. The van der Waals surface area contributed by atoms with E-state index < -0.39 is 5.97 Å². The molecule has 3 heteroatoms. The fraction of sp³-hybridized carbons (Fsp3) is 0.500. The molecule has 0 aliphatic heterocycles. The maximum Gasteiger partial charge on any atom is 2.00 e. The van der Waals surface area contributed by atoms with Gasteiger partial charge < -0.3 is 9.90 Å². The molecular formula is C10H15O2Rh+. The van der Waals surface area contributed by atoms with E-state index in [0.717, 1.165) is 6.92 Å². The van der Waals surface area contributed by atoms with E-state index in [1.165, 1.54) is 25.7 Å². The molecule has 0 aromatic rings. The Kier molecular flexibility index (Phi) is 13.4. The molecule has 0 aromatic heterocycles. The molecule has 0 heterocycles. The van der Waals surface area contributed by atoms with E-state index in [1.54, 1.807) is 0 Å². The monoisotopic (exact) mass is 270 g/mol. The number of hydrogen-bond donors (Lipinski definition) is 0. The van der Waals surface area contributed by atoms with Gasteiger partial charge in [0.1, 0.15) is 0 Å². The summed E-state index contributed by atoms with van der Waals surface area (Å²) >= 11 is 0. The number of carbonyl (C=O) groups is 1. The average molecular weight is 270 g/mol. The molecule has 0 unspecified atom stereocenters. The molecule has 0 saturated heterocycles. The number of rotatable bonds is 0. The molecule has 75 valence electrons. The zero-order valence-corrected chi connectivity index (χ0v) is 9.43. The maximum atomic E-state index is 8.89. The number of carboxylic acid groups (broad SMARTS) is 1. The first-order valence-electron chi connectivity index (χ1n) is 4.21. The van der Waals surface area contributed by atoms with Crippen molar-refractivity contribution < 1.29 is 29.4 Å². The normalized spacial score (nSPS) is 19.2. The van der Waals surface area contributed by atoms with Gasteiger partial charge in [-0.3, -0.25) is 0 Å². The molecule has 2 nitrogen and oxygen atoms in total. The van der Waals surface area contributed by atoms with Crippen LogP contribution in [-0.2, 0) is 24.3 Å². The minimum atomic E-state index is -1.08. The second-order valence-corrected chi connectivity index (χ2v) is 2.59. The first kappa shape index (κ1) is 15.1. The van der Waals surface area contributed by atoms with E-state index in [2.05, 4.69) is 24.3 Å². The predicted octanol–water partition coefficient (Wildman–Crippen LogP) is 1.43. The molecule has 1 aliphatic rings. The van der Waals surface area contributed by atoms with E-state index in [0.29, 0.717) is 0 Å². The standard InChI is InChI=1S/C8H12.C2H4O2.Rh/c1-2-4-6-8-7-5-3-1;1-2(3)4;/h1-2,7-8H,3-6H2;1H3,(H,3,4);/q;;+2/p-1/b2-1-,8-7-;;. The van der Waals surface area contributed by atoms with Crippen molar-refractivity contribution in [2.45, 2.75) is 32.6 Å². The van der Waals surface area contributed by atoms with Crippen molar-refractivity contribution in [2.24, 2.45) is 0 Å². The van der Waals surface area contributed by atoms with Crippen molar-refractivity contribution in [3.05, 3.63) is 24.3 Å². The third kappa shape index (κ3) is 18.5. The van der Waals surface area contributed by atoms with Gasteiger partial charge in [0.05, 0.1) is 0 Å². The van der Waals surface area contributed by atoms with Crippen LogP contribution >= 0.6 is 0 Å². The van der Waals surface area contributed by atoms with Crippen molar-refractivity contribution in [2.75, 3.05) is 0 Å². The molecule has 0 fully saturated rings. The van der Waals surface area contributed by atoms with Crippen molar-refractivity contribution in [3.63, 3.8) is 0 Å². The van der Waals surface area contributed by atoms with Gasteiger partial charge in [-0.05, 0) is 32.6 Å². The second-order valence-electron chi connectivity index (χ2n) is 2.59. The van der Waals surface area contributed by atoms with E-state index in [1.807, 2.05) is 0 Å². The van der Waals surface area contributed by atoms with E-state index >= 15 is 0 Å². The summed E-state index contributed by atoms with van der Waals surface area (Å²) in [5.74, 6) is -1.08. The molecule has 0 N–H and O–H groups in total. The number of aliphatic carboxylic acids is 1. The van der Waals surface area contributed by atoms with Gasteiger partial charge in [-0.25, -0.2) is 0 Å². The van der Waals surface area contributed by atoms with Gasteiger partial charge in [-0.15, -0.1) is 0 Å². The molecule has 0 saturated carbocycles. The summed E-state index contributed by atoms with van der Waals surface area (Å²) in [6, 6.07) is 0. The summed E-state index contributed by atoms with van der Waals surface area (Å²) in [6.45, 7) is 0.972. The van der Waals surface area contributed by atoms with Gasteiger partial charge in [0.2, 0.25) is 0 Å². The largest absolute Gasteiger partial charge is 2.00 e. The van der Waals surface area contributed by atoms with Crippen LogP contribution in [0.2, 0.25) is 0 Å². The Balaban J connectivity index is 0. The van der Waals surface area contributed by atoms with Crippen LogP contribution in [0, 0.1) is 0 Å². The summed E-state index contributed by atoms with van der Waals surface area (Å²) in [5.41, 5.74) is 0. The smallest absolute Gasteiger partial charge is 0.550 e. The van der Waals surface area contributed by atoms with Crippen molar-refractivity contribution >= 4 is 5.97 Å². The number of hydrogen-bond acceptors (Lipinski definition) is 2. The van der Waals surface area contributed by atoms with Crippen molar-refractivity contribution in [3.8, 4) is 0 Å². The van der Waals surface area contributed by atoms with Crippen LogP contribution in [0.15, 0.2) is 24.3 Å². The Morgan fingerprint density at radius 1 is 1.00 bits per heavy atom. The predicted molar refractivity (Wildman–Crippen MR) is 47.4 cm³/mol. The molecule has 1 aliphatic carbocycles. The minimum absolute atomic E-state index is 0. The van der Waals surface area contributed by atoms with Gasteiger partial charge in [0, 0.05) is 5.97 Å². The van der Waals surface area contributed by atoms with Crippen molar-refractivity contribution in [1.82, 2.24) is 0 Å². The van der Waals surface area contributed by atoms with Gasteiger partial charge in [0.25, 0.3) is 0 Å². The first-order valence-corrected chi connectivity index (χ1v) is 4.21. The topological polar surface area (TPSA) is 40.1 Å². The molecule has 13 heavy (non-hydrogen) atoms. The van der Waals surface area contributed by atoms with Crippen LogP contribution in [-0.4, -0.2) is 5.97 Å². The summed E-state index contributed by atoms with van der Waals surface area (Å²) in [6.07, 6.45) is 14.0. The quantitative estimate of drug-likeness (QED) is 0.493. The SMILES string of the molecule is C1=C\CC/C=C\CC/1.CC(=O)[O-].[Rh+2]. The minimum Gasteiger partial charge on any atom is -0.550 e. The second kappa shape index (κ2) is 11.6. The van der Waals surface area contributed by atoms with Crippen LogP contribution in [0.3, 0.4) is 0 Å². The Morgan fingerprint density at radius 3 is 1.31 bits per heavy atom. The molecule has 1 radical (unpaired) electrons. The fourth-order valence-corrected chi connectivity index (χ4v) is 0.856. The number of carboxylic acids is 1. The van der Waals surface area contributed by atoms with E-state index in [-0.39, 0.29) is 19.5 Å². The average Bonchev–Trinajstić information content (AvgIpc) is 1.82. The zero-order chi connectivity index (χ0) is 9.23. The third-order valence-corrected chi connectivity index (χ3v) is 1.33. The van der Waals surface area contributed by atoms with E-state index in [9.17, 15) is 0 Å². The van der Waals surface area contributed by atoms with Crippen LogP contribution in [0.25, 0.3) is 0 Å². The van der Waals surface area contributed by atoms with Crippen molar-refractivity contribution in [1.29, 1.82) is 0 Å². The molecule has 1 rings (SSSR count). The van der Waals surface area contributed by atoms with Gasteiger partial charge in [0.15, 0.2) is 0 Å². The third-order valence-electron chi connectivity index (χ3n) is 1.33. The summed E-state index contributed by atoms with van der Waals surface area (Å²) in [5, 5.41) is 8.89. The molecular weight excluding hydrogens is 255 g/mol.